The normalized spacial score (nSPS) is 23.0. The smallest absolute Gasteiger partial charge is 0.249 e. The van der Waals surface area contributed by atoms with E-state index >= 15 is 0 Å². The maximum Gasteiger partial charge on any atom is 0.249 e. The van der Waals surface area contributed by atoms with E-state index < -0.39 is 0 Å². The molecule has 0 radical (unpaired) electrons. The minimum absolute atomic E-state index is 0.000732. The summed E-state index contributed by atoms with van der Waals surface area (Å²) in [4.78, 5) is 34.7. The number of carbonyl (C=O) groups excluding carboxylic acids is 2. The van der Waals surface area contributed by atoms with E-state index in [1.54, 1.807) is 6.20 Å². The molecule has 1 unspecified atom stereocenters. The Morgan fingerprint density at radius 2 is 1.91 bits per heavy atom. The van der Waals surface area contributed by atoms with Gasteiger partial charge in [-0.3, -0.25) is 14.6 Å². The van der Waals surface area contributed by atoms with Crippen LogP contribution < -0.4 is 5.32 Å². The number of aromatic nitrogens is 1. The van der Waals surface area contributed by atoms with Crippen molar-refractivity contribution < 1.29 is 14.3 Å². The molecule has 1 aromatic carbocycles. The molecule has 2 amide bonds. The van der Waals surface area contributed by atoms with Gasteiger partial charge in [0.25, 0.3) is 0 Å². The highest BCUT2D eigenvalue weighted by atomic mass is 16.5. The van der Waals surface area contributed by atoms with E-state index in [1.807, 2.05) is 41.4 Å². The SMILES string of the molecule is O=C(N[C@@H](CCN1CCC2(CC1)CCN(Cc1cccnc1)C2=O)c1ccccc1)C1CCCO1. The number of hydrogen-bond donors (Lipinski definition) is 1. The van der Waals surface area contributed by atoms with E-state index in [4.69, 9.17) is 4.74 Å². The van der Waals surface area contributed by atoms with Crippen molar-refractivity contribution in [2.24, 2.45) is 5.41 Å². The molecule has 7 nitrogen and oxygen atoms in total. The minimum atomic E-state index is -0.320. The molecule has 1 aromatic heterocycles. The highest BCUT2D eigenvalue weighted by molar-refractivity contribution is 5.85. The van der Waals surface area contributed by atoms with Gasteiger partial charge in [-0.15, -0.1) is 0 Å². The predicted molar refractivity (Wildman–Crippen MR) is 133 cm³/mol. The van der Waals surface area contributed by atoms with Crippen molar-refractivity contribution in [1.82, 2.24) is 20.1 Å². The lowest BCUT2D eigenvalue weighted by atomic mass is 9.77. The van der Waals surface area contributed by atoms with Crippen LogP contribution >= 0.6 is 0 Å². The molecule has 1 spiro atoms. The van der Waals surface area contributed by atoms with Crippen LogP contribution in [0.15, 0.2) is 54.9 Å². The summed E-state index contributed by atoms with van der Waals surface area (Å²) in [6.07, 6.45) is 8.65. The van der Waals surface area contributed by atoms with Crippen LogP contribution in [0.5, 0.6) is 0 Å². The number of amides is 2. The Bertz CT molecular complexity index is 986. The number of likely N-dealkylation sites (tertiary alicyclic amines) is 2. The molecule has 5 rings (SSSR count). The van der Waals surface area contributed by atoms with E-state index in [-0.39, 0.29) is 23.5 Å². The van der Waals surface area contributed by atoms with Crippen molar-refractivity contribution in [2.45, 2.75) is 57.2 Å². The summed E-state index contributed by atoms with van der Waals surface area (Å²) < 4.78 is 5.59. The molecule has 3 saturated heterocycles. The largest absolute Gasteiger partial charge is 0.368 e. The fourth-order valence-corrected chi connectivity index (χ4v) is 5.79. The number of pyridine rings is 1. The summed E-state index contributed by atoms with van der Waals surface area (Å²) in [5, 5.41) is 3.24. The quantitative estimate of drug-likeness (QED) is 0.633. The third-order valence-corrected chi connectivity index (χ3v) is 7.99. The van der Waals surface area contributed by atoms with E-state index in [2.05, 4.69) is 27.3 Å². The number of nitrogens with zero attached hydrogens (tertiary/aromatic N) is 3. The fraction of sp³-hybridized carbons (Fsp3) is 0.536. The zero-order valence-corrected chi connectivity index (χ0v) is 20.4. The van der Waals surface area contributed by atoms with Gasteiger partial charge in [0.15, 0.2) is 0 Å². The third kappa shape index (κ3) is 5.57. The molecular weight excluding hydrogens is 440 g/mol. The van der Waals surface area contributed by atoms with Gasteiger partial charge in [0.05, 0.1) is 11.5 Å². The van der Waals surface area contributed by atoms with Crippen molar-refractivity contribution in [3.8, 4) is 0 Å². The van der Waals surface area contributed by atoms with Crippen molar-refractivity contribution in [1.29, 1.82) is 0 Å². The molecule has 2 aromatic rings. The van der Waals surface area contributed by atoms with Gasteiger partial charge in [0.2, 0.25) is 11.8 Å². The van der Waals surface area contributed by atoms with Crippen LogP contribution in [0.25, 0.3) is 0 Å². The fourth-order valence-electron chi connectivity index (χ4n) is 5.79. The molecule has 4 heterocycles. The second kappa shape index (κ2) is 10.9. The summed E-state index contributed by atoms with van der Waals surface area (Å²) in [6.45, 7) is 4.90. The number of carbonyl (C=O) groups is 2. The summed E-state index contributed by atoms with van der Waals surface area (Å²) in [5.74, 6) is 0.311. The maximum absolute atomic E-state index is 13.3. The van der Waals surface area contributed by atoms with Gasteiger partial charge in [-0.05, 0) is 68.8 Å². The molecule has 186 valence electrons. The highest BCUT2D eigenvalue weighted by Crippen LogP contribution is 2.42. The summed E-state index contributed by atoms with van der Waals surface area (Å²) >= 11 is 0. The average molecular weight is 477 g/mol. The predicted octanol–water partition coefficient (Wildman–Crippen LogP) is 3.32. The number of nitrogens with one attached hydrogen (secondary N) is 1. The number of benzene rings is 1. The first-order chi connectivity index (χ1) is 17.1. The lowest BCUT2D eigenvalue weighted by Gasteiger charge is -2.38. The Balaban J connectivity index is 1.15. The van der Waals surface area contributed by atoms with Crippen LogP contribution in [-0.2, 0) is 20.9 Å². The van der Waals surface area contributed by atoms with Gasteiger partial charge in [-0.2, -0.15) is 0 Å². The number of ether oxygens (including phenoxy) is 1. The molecule has 3 aliphatic rings. The van der Waals surface area contributed by atoms with Gasteiger partial charge < -0.3 is 19.9 Å². The van der Waals surface area contributed by atoms with Crippen LogP contribution in [0.2, 0.25) is 0 Å². The van der Waals surface area contributed by atoms with Crippen molar-refractivity contribution >= 4 is 11.8 Å². The van der Waals surface area contributed by atoms with Crippen LogP contribution in [0.3, 0.4) is 0 Å². The van der Waals surface area contributed by atoms with Crippen molar-refractivity contribution in [3.05, 3.63) is 66.0 Å². The summed E-state index contributed by atoms with van der Waals surface area (Å²) in [5.41, 5.74) is 2.02. The molecule has 0 bridgehead atoms. The third-order valence-electron chi connectivity index (χ3n) is 7.99. The molecule has 2 atom stereocenters. The molecule has 7 heteroatoms. The van der Waals surface area contributed by atoms with Crippen molar-refractivity contribution in [3.63, 3.8) is 0 Å². The monoisotopic (exact) mass is 476 g/mol. The highest BCUT2D eigenvalue weighted by Gasteiger charge is 2.47. The first-order valence-electron chi connectivity index (χ1n) is 13.0. The van der Waals surface area contributed by atoms with Gasteiger partial charge in [-0.1, -0.05) is 36.4 Å². The van der Waals surface area contributed by atoms with Crippen LogP contribution in [0.1, 0.15) is 55.7 Å². The number of rotatable bonds is 8. The van der Waals surface area contributed by atoms with E-state index in [1.165, 1.54) is 0 Å². The first kappa shape index (κ1) is 23.9. The maximum atomic E-state index is 13.3. The number of hydrogen-bond acceptors (Lipinski definition) is 5. The Labute approximate surface area is 207 Å². The zero-order chi connectivity index (χ0) is 24.1. The average Bonchev–Trinajstić information content (AvgIpc) is 3.54. The zero-order valence-electron chi connectivity index (χ0n) is 20.4. The van der Waals surface area contributed by atoms with Crippen LogP contribution in [-0.4, -0.2) is 65.5 Å². The van der Waals surface area contributed by atoms with E-state index in [0.29, 0.717) is 19.1 Å². The Hall–Kier alpha value is -2.77. The molecule has 0 saturated carbocycles. The second-order valence-corrected chi connectivity index (χ2v) is 10.2. The lowest BCUT2D eigenvalue weighted by Crippen LogP contribution is -2.45. The lowest BCUT2D eigenvalue weighted by molar-refractivity contribution is -0.139. The minimum Gasteiger partial charge on any atom is -0.368 e. The first-order valence-corrected chi connectivity index (χ1v) is 13.0. The summed E-state index contributed by atoms with van der Waals surface area (Å²) in [6, 6.07) is 14.1. The van der Waals surface area contributed by atoms with Gasteiger partial charge in [0.1, 0.15) is 6.10 Å². The van der Waals surface area contributed by atoms with Gasteiger partial charge in [0, 0.05) is 38.6 Å². The van der Waals surface area contributed by atoms with Crippen molar-refractivity contribution in [2.75, 3.05) is 32.8 Å². The second-order valence-electron chi connectivity index (χ2n) is 10.2. The van der Waals surface area contributed by atoms with E-state index in [0.717, 1.165) is 75.8 Å². The Morgan fingerprint density at radius 3 is 2.63 bits per heavy atom. The van der Waals surface area contributed by atoms with Crippen LogP contribution in [0.4, 0.5) is 0 Å². The molecule has 1 N–H and O–H groups in total. The topological polar surface area (TPSA) is 74.8 Å². The standard InChI is InChI=1S/C28H36N4O3/c33-26(25-9-5-19-35-25)30-24(23-7-2-1-3-8-23)10-15-31-16-11-28(12-17-31)13-18-32(27(28)34)21-22-6-4-14-29-20-22/h1-4,6-8,14,20,24-25H,5,9-13,15-19,21H2,(H,30,33)/t24-,25?/m0/s1. The molecule has 3 aliphatic heterocycles. The molecular formula is C28H36N4O3. The van der Waals surface area contributed by atoms with Gasteiger partial charge in [-0.25, -0.2) is 0 Å². The van der Waals surface area contributed by atoms with Crippen LogP contribution in [0, 0.1) is 5.41 Å². The molecule has 3 fully saturated rings. The number of piperidine rings is 1. The Morgan fingerprint density at radius 1 is 1.11 bits per heavy atom. The summed E-state index contributed by atoms with van der Waals surface area (Å²) in [7, 11) is 0. The Kier molecular flexibility index (Phi) is 7.44. The molecule has 0 aliphatic carbocycles. The molecule has 35 heavy (non-hydrogen) atoms. The van der Waals surface area contributed by atoms with E-state index in [9.17, 15) is 9.59 Å². The van der Waals surface area contributed by atoms with Gasteiger partial charge >= 0.3 is 0 Å².